The first kappa shape index (κ1) is 22.5. The number of hydrogen-bond acceptors (Lipinski definition) is 5. The number of nitrogens with one attached hydrogen (secondary N) is 2. The molecule has 3 aromatic carbocycles. The van der Waals surface area contributed by atoms with E-state index in [1.807, 2.05) is 60.7 Å². The molecule has 164 valence electrons. The van der Waals surface area contributed by atoms with Gasteiger partial charge in [0, 0.05) is 25.1 Å². The predicted octanol–water partition coefficient (Wildman–Crippen LogP) is 3.75. The predicted molar refractivity (Wildman–Crippen MR) is 119 cm³/mol. The van der Waals surface area contributed by atoms with E-state index in [2.05, 4.69) is 10.6 Å². The van der Waals surface area contributed by atoms with Gasteiger partial charge in [-0.05, 0) is 16.7 Å². The van der Waals surface area contributed by atoms with E-state index >= 15 is 0 Å². The molecule has 0 saturated heterocycles. The molecule has 8 heteroatoms. The minimum atomic E-state index is -0.913. The van der Waals surface area contributed by atoms with Gasteiger partial charge in [0.2, 0.25) is 5.91 Å². The lowest BCUT2D eigenvalue weighted by Crippen LogP contribution is -2.48. The SMILES string of the molecule is O=C(N[C@H](Cc1ccc([N+](=O)[O-])cc1)C(=O)NCc1ccccc1)OCc1ccccc1. The number of ether oxygens (including phenoxy) is 1. The highest BCUT2D eigenvalue weighted by atomic mass is 16.6. The Labute approximate surface area is 185 Å². The molecule has 2 amide bonds. The first-order chi connectivity index (χ1) is 15.5. The number of alkyl carbamates (subject to hydrolysis) is 1. The second-order valence-electron chi connectivity index (χ2n) is 7.09. The Balaban J connectivity index is 1.65. The van der Waals surface area contributed by atoms with Gasteiger partial charge >= 0.3 is 6.09 Å². The molecule has 0 unspecified atom stereocenters. The number of rotatable bonds is 9. The van der Waals surface area contributed by atoms with Gasteiger partial charge in [0.15, 0.2) is 0 Å². The minimum Gasteiger partial charge on any atom is -0.445 e. The molecule has 0 heterocycles. The second-order valence-corrected chi connectivity index (χ2v) is 7.09. The van der Waals surface area contributed by atoms with Crippen LogP contribution in [0.5, 0.6) is 0 Å². The highest BCUT2D eigenvalue weighted by Crippen LogP contribution is 2.14. The Bertz CT molecular complexity index is 1040. The number of nitro groups is 1. The van der Waals surface area contributed by atoms with Gasteiger partial charge < -0.3 is 15.4 Å². The van der Waals surface area contributed by atoms with Crippen molar-refractivity contribution in [1.29, 1.82) is 0 Å². The Kier molecular flexibility index (Phi) is 7.91. The Morgan fingerprint density at radius 1 is 0.844 bits per heavy atom. The molecule has 32 heavy (non-hydrogen) atoms. The van der Waals surface area contributed by atoms with E-state index in [-0.39, 0.29) is 24.6 Å². The monoisotopic (exact) mass is 433 g/mol. The van der Waals surface area contributed by atoms with Gasteiger partial charge in [0.1, 0.15) is 12.6 Å². The summed E-state index contributed by atoms with van der Waals surface area (Å²) in [5, 5.41) is 16.3. The number of carbonyl (C=O) groups is 2. The fourth-order valence-electron chi connectivity index (χ4n) is 3.01. The Morgan fingerprint density at radius 2 is 1.44 bits per heavy atom. The average Bonchev–Trinajstić information content (AvgIpc) is 2.82. The fourth-order valence-corrected chi connectivity index (χ4v) is 3.01. The lowest BCUT2D eigenvalue weighted by Gasteiger charge is -2.18. The summed E-state index contributed by atoms with van der Waals surface area (Å²) in [4.78, 5) is 35.5. The van der Waals surface area contributed by atoms with Crippen molar-refractivity contribution in [2.24, 2.45) is 0 Å². The summed E-state index contributed by atoms with van der Waals surface area (Å²) < 4.78 is 5.24. The van der Waals surface area contributed by atoms with Crippen LogP contribution in [0.15, 0.2) is 84.9 Å². The summed E-state index contributed by atoms with van der Waals surface area (Å²) in [6, 6.07) is 23.5. The maximum Gasteiger partial charge on any atom is 0.408 e. The molecule has 3 rings (SSSR count). The summed E-state index contributed by atoms with van der Waals surface area (Å²) in [7, 11) is 0. The number of nitro benzene ring substituents is 1. The van der Waals surface area contributed by atoms with E-state index in [4.69, 9.17) is 4.74 Å². The van der Waals surface area contributed by atoms with Crippen LogP contribution in [0.1, 0.15) is 16.7 Å². The molecule has 0 aliphatic rings. The summed E-state index contributed by atoms with van der Waals surface area (Å²) in [6.45, 7) is 0.375. The van der Waals surface area contributed by atoms with Crippen molar-refractivity contribution in [2.75, 3.05) is 0 Å². The molecule has 0 spiro atoms. The molecular formula is C24H23N3O5. The molecule has 0 aliphatic carbocycles. The van der Waals surface area contributed by atoms with Crippen molar-refractivity contribution >= 4 is 17.7 Å². The third kappa shape index (κ3) is 6.94. The van der Waals surface area contributed by atoms with Crippen LogP contribution in [0.2, 0.25) is 0 Å². The quantitative estimate of drug-likeness (QED) is 0.394. The molecule has 0 aromatic heterocycles. The smallest absolute Gasteiger partial charge is 0.408 e. The fraction of sp³-hybridized carbons (Fsp3) is 0.167. The van der Waals surface area contributed by atoms with Crippen LogP contribution in [-0.2, 0) is 29.1 Å². The molecule has 3 aromatic rings. The Hall–Kier alpha value is -4.20. The van der Waals surface area contributed by atoms with Gasteiger partial charge in [-0.3, -0.25) is 14.9 Å². The van der Waals surface area contributed by atoms with Crippen molar-refractivity contribution in [1.82, 2.24) is 10.6 Å². The molecule has 0 bridgehead atoms. The number of nitrogens with zero attached hydrogens (tertiary/aromatic N) is 1. The van der Waals surface area contributed by atoms with Gasteiger partial charge in [0.25, 0.3) is 5.69 Å². The highest BCUT2D eigenvalue weighted by Gasteiger charge is 2.22. The van der Waals surface area contributed by atoms with Crippen molar-refractivity contribution in [3.8, 4) is 0 Å². The molecule has 0 radical (unpaired) electrons. The normalized spacial score (nSPS) is 11.2. The summed E-state index contributed by atoms with van der Waals surface area (Å²) in [6.07, 6.45) is -0.574. The van der Waals surface area contributed by atoms with Crippen LogP contribution in [0.3, 0.4) is 0 Å². The van der Waals surface area contributed by atoms with Crippen molar-refractivity contribution < 1.29 is 19.2 Å². The zero-order valence-electron chi connectivity index (χ0n) is 17.3. The maximum absolute atomic E-state index is 12.8. The maximum atomic E-state index is 12.8. The lowest BCUT2D eigenvalue weighted by molar-refractivity contribution is -0.384. The van der Waals surface area contributed by atoms with Gasteiger partial charge in [-0.25, -0.2) is 4.79 Å². The Morgan fingerprint density at radius 3 is 2.03 bits per heavy atom. The molecule has 0 aliphatic heterocycles. The number of benzene rings is 3. The third-order valence-electron chi connectivity index (χ3n) is 4.72. The molecule has 0 fully saturated rings. The van der Waals surface area contributed by atoms with Gasteiger partial charge in [-0.15, -0.1) is 0 Å². The van der Waals surface area contributed by atoms with E-state index in [1.54, 1.807) is 12.1 Å². The third-order valence-corrected chi connectivity index (χ3v) is 4.72. The van der Waals surface area contributed by atoms with E-state index in [9.17, 15) is 19.7 Å². The summed E-state index contributed by atoms with van der Waals surface area (Å²) >= 11 is 0. The molecule has 8 nitrogen and oxygen atoms in total. The van der Waals surface area contributed by atoms with E-state index < -0.39 is 17.1 Å². The number of amides is 2. The minimum absolute atomic E-state index is 0.0472. The second kappa shape index (κ2) is 11.3. The summed E-state index contributed by atoms with van der Waals surface area (Å²) in [5.74, 6) is -0.385. The van der Waals surface area contributed by atoms with E-state index in [1.165, 1.54) is 12.1 Å². The van der Waals surface area contributed by atoms with Gasteiger partial charge in [-0.2, -0.15) is 0 Å². The van der Waals surface area contributed by atoms with Crippen LogP contribution in [0.4, 0.5) is 10.5 Å². The number of hydrogen-bond donors (Lipinski definition) is 2. The molecule has 0 saturated carbocycles. The van der Waals surface area contributed by atoms with Gasteiger partial charge in [-0.1, -0.05) is 72.8 Å². The molecule has 1 atom stereocenters. The number of non-ortho nitro benzene ring substituents is 1. The highest BCUT2D eigenvalue weighted by molar-refractivity contribution is 5.85. The van der Waals surface area contributed by atoms with E-state index in [0.717, 1.165) is 11.1 Å². The van der Waals surface area contributed by atoms with Crippen LogP contribution < -0.4 is 10.6 Å². The zero-order chi connectivity index (χ0) is 22.8. The largest absolute Gasteiger partial charge is 0.445 e. The van der Waals surface area contributed by atoms with Crippen LogP contribution in [0, 0.1) is 10.1 Å². The topological polar surface area (TPSA) is 111 Å². The zero-order valence-corrected chi connectivity index (χ0v) is 17.3. The molecular weight excluding hydrogens is 410 g/mol. The van der Waals surface area contributed by atoms with Crippen molar-refractivity contribution in [2.45, 2.75) is 25.6 Å². The van der Waals surface area contributed by atoms with E-state index in [0.29, 0.717) is 12.1 Å². The first-order valence-electron chi connectivity index (χ1n) is 10.0. The van der Waals surface area contributed by atoms with Crippen molar-refractivity contribution in [3.05, 3.63) is 112 Å². The average molecular weight is 433 g/mol. The van der Waals surface area contributed by atoms with Gasteiger partial charge in [0.05, 0.1) is 4.92 Å². The number of carbonyl (C=O) groups excluding carboxylic acids is 2. The van der Waals surface area contributed by atoms with Crippen molar-refractivity contribution in [3.63, 3.8) is 0 Å². The summed E-state index contributed by atoms with van der Waals surface area (Å²) in [5.41, 5.74) is 2.36. The van der Waals surface area contributed by atoms with Crippen LogP contribution in [0.25, 0.3) is 0 Å². The van der Waals surface area contributed by atoms with Crippen LogP contribution >= 0.6 is 0 Å². The first-order valence-corrected chi connectivity index (χ1v) is 10.0. The standard InChI is InChI=1S/C24H23N3O5/c28-23(25-16-19-7-3-1-4-8-19)22(15-18-11-13-21(14-12-18)27(30)31)26-24(29)32-17-20-9-5-2-6-10-20/h1-14,22H,15-17H2,(H,25,28)(H,26,29)/t22-/m1/s1. The lowest BCUT2D eigenvalue weighted by atomic mass is 10.0. The van der Waals surface area contributed by atoms with Crippen LogP contribution in [-0.4, -0.2) is 23.0 Å². The molecule has 2 N–H and O–H groups in total.